The Hall–Kier alpha value is -3.60. The topological polar surface area (TPSA) is 155 Å². The monoisotopic (exact) mass is 1170 g/mol. The Labute approximate surface area is 502 Å². The highest BCUT2D eigenvalue weighted by Crippen LogP contribution is 2.43. The molecule has 0 amide bonds. The number of unbranched alkanes of at least 4 members (excludes halogenated alkanes) is 28. The molecule has 2 N–H and O–H groups in total. The van der Waals surface area contributed by atoms with Crippen LogP contribution in [0.1, 0.15) is 290 Å². The van der Waals surface area contributed by atoms with Crippen LogP contribution in [0, 0.1) is 0 Å². The van der Waals surface area contributed by atoms with Gasteiger partial charge in [0.25, 0.3) is 0 Å². The summed E-state index contributed by atoms with van der Waals surface area (Å²) in [5, 5.41) is 9.86. The number of rotatable bonds is 61. The number of esters is 3. The van der Waals surface area contributed by atoms with E-state index in [2.05, 4.69) is 118 Å². The van der Waals surface area contributed by atoms with Crippen molar-refractivity contribution < 1.29 is 52.2 Å². The standard InChI is InChI=1S/C70H121O11P/c1-4-7-10-13-16-19-22-25-28-31-33-36-38-41-44-47-50-53-56-59-68(72)77-63-67(81-70(74)61-58-55-52-49-46-43-40-37-34-32-29-26-23-20-17-14-11-8-5-2)65-79-82(75,76)78-64-66(62-71)80-69(73)60-57-54-51-48-45-42-39-35-30-27-24-21-18-15-12-9-6-3/h8,11,16-17,19-20,25-30,34,37,43,46,66-67,71H,4-7,9-10,12-15,18,21-24,31-33,35-36,38-42,44-45,47-65H2,1-3H3,(H,75,76)/b11-8-,19-16-,20-17-,28-25-,29-26-,30-27-,37-34-,46-43-. The van der Waals surface area contributed by atoms with Gasteiger partial charge in [0.1, 0.15) is 12.7 Å². The van der Waals surface area contributed by atoms with Crippen molar-refractivity contribution in [1.82, 2.24) is 0 Å². The van der Waals surface area contributed by atoms with Gasteiger partial charge in [0.05, 0.1) is 19.8 Å². The second-order valence-electron chi connectivity index (χ2n) is 21.9. The number of phosphoric ester groups is 1. The molecule has 82 heavy (non-hydrogen) atoms. The maximum absolute atomic E-state index is 13.0. The molecule has 0 aliphatic rings. The summed E-state index contributed by atoms with van der Waals surface area (Å²) in [5.41, 5.74) is 0. The lowest BCUT2D eigenvalue weighted by atomic mass is 10.1. The highest BCUT2D eigenvalue weighted by Gasteiger charge is 2.28. The van der Waals surface area contributed by atoms with Gasteiger partial charge in [-0.1, -0.05) is 246 Å². The summed E-state index contributed by atoms with van der Waals surface area (Å²) in [4.78, 5) is 48.8. The lowest BCUT2D eigenvalue weighted by Gasteiger charge is -2.21. The Morgan fingerprint density at radius 2 is 0.634 bits per heavy atom. The van der Waals surface area contributed by atoms with Gasteiger partial charge >= 0.3 is 25.7 Å². The van der Waals surface area contributed by atoms with Crippen LogP contribution in [0.3, 0.4) is 0 Å². The molecule has 0 aliphatic heterocycles. The summed E-state index contributed by atoms with van der Waals surface area (Å²) >= 11 is 0. The molecule has 0 heterocycles. The summed E-state index contributed by atoms with van der Waals surface area (Å²) in [5.74, 6) is -1.51. The van der Waals surface area contributed by atoms with E-state index >= 15 is 0 Å². The number of phosphoric acid groups is 1. The van der Waals surface area contributed by atoms with Crippen LogP contribution in [0.4, 0.5) is 0 Å². The summed E-state index contributed by atoms with van der Waals surface area (Å²) in [6, 6.07) is 0. The summed E-state index contributed by atoms with van der Waals surface area (Å²) in [6.07, 6.45) is 76.4. The lowest BCUT2D eigenvalue weighted by Crippen LogP contribution is -2.30. The Morgan fingerprint density at radius 3 is 1.02 bits per heavy atom. The molecular formula is C70H121O11P. The molecule has 0 fully saturated rings. The Morgan fingerprint density at radius 1 is 0.354 bits per heavy atom. The van der Waals surface area contributed by atoms with Gasteiger partial charge in [-0.2, -0.15) is 0 Å². The molecule has 3 unspecified atom stereocenters. The van der Waals surface area contributed by atoms with Crippen LogP contribution >= 0.6 is 7.82 Å². The summed E-state index contributed by atoms with van der Waals surface area (Å²) in [6.45, 7) is 4.49. The SMILES string of the molecule is CC/C=C\C/C=C\C/C=C\C/C=C\C/C=C\CCCCCC(=O)OC(COC(=O)CCCCCCCCCCC/C=C\C/C=C\CCCCC)COP(=O)(O)OCC(CO)OC(=O)CCCCCCCCC/C=C\CCCCCCCC. The maximum Gasteiger partial charge on any atom is 0.472 e. The van der Waals surface area contributed by atoms with Crippen LogP contribution in [0.15, 0.2) is 97.2 Å². The Kier molecular flexibility index (Phi) is 60.6. The third-order valence-corrected chi connectivity index (χ3v) is 14.9. The molecule has 0 aromatic heterocycles. The van der Waals surface area contributed by atoms with E-state index in [1.807, 2.05) is 0 Å². The third-order valence-electron chi connectivity index (χ3n) is 14.0. The first kappa shape index (κ1) is 78.4. The van der Waals surface area contributed by atoms with Gasteiger partial charge in [0.2, 0.25) is 0 Å². The summed E-state index contributed by atoms with van der Waals surface area (Å²) in [7, 11) is -4.77. The highest BCUT2D eigenvalue weighted by atomic mass is 31.2. The number of carbonyl (C=O) groups is 3. The minimum atomic E-state index is -4.77. The Balaban J connectivity index is 4.76. The molecule has 0 aromatic rings. The van der Waals surface area contributed by atoms with Crippen LogP contribution in [0.2, 0.25) is 0 Å². The first-order chi connectivity index (χ1) is 40.2. The minimum absolute atomic E-state index is 0.124. The molecule has 0 aliphatic carbocycles. The van der Waals surface area contributed by atoms with Gasteiger partial charge in [-0.25, -0.2) is 4.57 Å². The van der Waals surface area contributed by atoms with Crippen LogP contribution in [0.5, 0.6) is 0 Å². The fourth-order valence-corrected chi connectivity index (χ4v) is 9.72. The lowest BCUT2D eigenvalue weighted by molar-refractivity contribution is -0.161. The second kappa shape index (κ2) is 63.4. The summed E-state index contributed by atoms with van der Waals surface area (Å²) < 4.78 is 39.7. The van der Waals surface area contributed by atoms with E-state index in [9.17, 15) is 28.9 Å². The zero-order valence-electron chi connectivity index (χ0n) is 52.4. The molecule has 0 radical (unpaired) electrons. The number of ether oxygens (including phenoxy) is 3. The first-order valence-corrected chi connectivity index (χ1v) is 34.6. The van der Waals surface area contributed by atoms with Gasteiger partial charge in [0.15, 0.2) is 6.10 Å². The van der Waals surface area contributed by atoms with Crippen molar-refractivity contribution in [1.29, 1.82) is 0 Å². The average Bonchev–Trinajstić information content (AvgIpc) is 3.50. The Bertz CT molecular complexity index is 1750. The van der Waals surface area contributed by atoms with Crippen LogP contribution in [0.25, 0.3) is 0 Å². The van der Waals surface area contributed by atoms with E-state index in [1.165, 1.54) is 122 Å². The zero-order chi connectivity index (χ0) is 59.8. The fourth-order valence-electron chi connectivity index (χ4n) is 8.94. The van der Waals surface area contributed by atoms with E-state index in [4.69, 9.17) is 23.3 Å². The molecule has 0 rings (SSSR count). The van der Waals surface area contributed by atoms with Crippen molar-refractivity contribution in [3.05, 3.63) is 97.2 Å². The molecule has 472 valence electrons. The van der Waals surface area contributed by atoms with Crippen molar-refractivity contribution in [2.45, 2.75) is 303 Å². The molecule has 0 saturated heterocycles. The molecular weight excluding hydrogens is 1050 g/mol. The number of carbonyl (C=O) groups excluding carboxylic acids is 3. The third kappa shape index (κ3) is 61.0. The normalized spacial score (nSPS) is 13.9. The molecule has 0 aromatic carbocycles. The number of aliphatic hydroxyl groups excluding tert-OH is 1. The van der Waals surface area contributed by atoms with E-state index in [1.54, 1.807) is 0 Å². The van der Waals surface area contributed by atoms with Gasteiger partial charge in [-0.15, -0.1) is 0 Å². The van der Waals surface area contributed by atoms with E-state index in [0.29, 0.717) is 19.3 Å². The van der Waals surface area contributed by atoms with E-state index in [-0.39, 0.29) is 25.9 Å². The number of hydrogen-bond acceptors (Lipinski definition) is 10. The average molecular weight is 1170 g/mol. The van der Waals surface area contributed by atoms with Gasteiger partial charge < -0.3 is 24.2 Å². The molecule has 0 bridgehead atoms. The largest absolute Gasteiger partial charge is 0.472 e. The molecule has 11 nitrogen and oxygen atoms in total. The first-order valence-electron chi connectivity index (χ1n) is 33.1. The highest BCUT2D eigenvalue weighted by molar-refractivity contribution is 7.47. The van der Waals surface area contributed by atoms with E-state index < -0.39 is 57.8 Å². The zero-order valence-corrected chi connectivity index (χ0v) is 53.3. The molecule has 0 saturated carbocycles. The van der Waals surface area contributed by atoms with Crippen LogP contribution in [-0.2, 0) is 42.2 Å². The van der Waals surface area contributed by atoms with Gasteiger partial charge in [-0.05, 0) is 122 Å². The smallest absolute Gasteiger partial charge is 0.462 e. The number of allylic oxidation sites excluding steroid dienone is 16. The molecule has 0 spiro atoms. The van der Waals surface area contributed by atoms with E-state index in [0.717, 1.165) is 109 Å². The maximum atomic E-state index is 13.0. The minimum Gasteiger partial charge on any atom is -0.462 e. The van der Waals surface area contributed by atoms with Gasteiger partial charge in [0, 0.05) is 19.3 Å². The number of aliphatic hydroxyl groups is 1. The van der Waals surface area contributed by atoms with Crippen LogP contribution < -0.4 is 0 Å². The van der Waals surface area contributed by atoms with Crippen molar-refractivity contribution in [2.75, 3.05) is 26.4 Å². The van der Waals surface area contributed by atoms with Crippen molar-refractivity contribution in [2.24, 2.45) is 0 Å². The predicted molar refractivity (Wildman–Crippen MR) is 344 cm³/mol. The molecule has 12 heteroatoms. The fraction of sp³-hybridized carbons (Fsp3) is 0.729. The van der Waals surface area contributed by atoms with Crippen molar-refractivity contribution in [3.8, 4) is 0 Å². The van der Waals surface area contributed by atoms with Gasteiger partial charge in [-0.3, -0.25) is 23.4 Å². The number of hydrogen-bond donors (Lipinski definition) is 2. The molecule has 3 atom stereocenters. The second-order valence-corrected chi connectivity index (χ2v) is 23.3. The van der Waals surface area contributed by atoms with Crippen molar-refractivity contribution >= 4 is 25.7 Å². The van der Waals surface area contributed by atoms with Crippen molar-refractivity contribution in [3.63, 3.8) is 0 Å². The van der Waals surface area contributed by atoms with Crippen LogP contribution in [-0.4, -0.2) is 66.5 Å². The quantitative estimate of drug-likeness (QED) is 0.0197. The predicted octanol–water partition coefficient (Wildman–Crippen LogP) is 20.4.